The van der Waals surface area contributed by atoms with Crippen LogP contribution >= 0.6 is 0 Å². The zero-order chi connectivity index (χ0) is 30.3. The predicted molar refractivity (Wildman–Crippen MR) is 160 cm³/mol. The third-order valence-electron chi connectivity index (χ3n) is 7.03. The van der Waals surface area contributed by atoms with Crippen molar-refractivity contribution in [1.29, 1.82) is 5.26 Å². The van der Waals surface area contributed by atoms with Crippen LogP contribution in [0.3, 0.4) is 0 Å². The molecule has 4 rings (SSSR count). The van der Waals surface area contributed by atoms with Crippen LogP contribution in [0, 0.1) is 11.3 Å². The fourth-order valence-corrected chi connectivity index (χ4v) is 4.71. The van der Waals surface area contributed by atoms with Gasteiger partial charge in [0.1, 0.15) is 28.9 Å². The summed E-state index contributed by atoms with van der Waals surface area (Å²) in [6.45, 7) is 8.87. The molecule has 2 N–H and O–H groups in total. The van der Waals surface area contributed by atoms with Gasteiger partial charge in [0.2, 0.25) is 5.88 Å². The smallest absolute Gasteiger partial charge is 0.349 e. The molecule has 0 spiro atoms. The molecule has 8 nitrogen and oxygen atoms in total. The van der Waals surface area contributed by atoms with Crippen molar-refractivity contribution >= 4 is 5.97 Å². The number of ether oxygens (including phenoxy) is 5. The van der Waals surface area contributed by atoms with Gasteiger partial charge in [-0.15, -0.1) is 0 Å². The van der Waals surface area contributed by atoms with Crippen molar-refractivity contribution in [2.24, 2.45) is 5.73 Å². The Balaban J connectivity index is 1.50. The Hall–Kier alpha value is -4.64. The molecule has 1 atom stereocenters. The Morgan fingerprint density at radius 2 is 1.71 bits per heavy atom. The van der Waals surface area contributed by atoms with E-state index in [1.165, 1.54) is 5.56 Å². The lowest BCUT2D eigenvalue weighted by atomic mass is 9.83. The minimum absolute atomic E-state index is 0.0145. The number of rotatable bonds is 11. The van der Waals surface area contributed by atoms with Gasteiger partial charge >= 0.3 is 5.97 Å². The molecule has 0 radical (unpaired) electrons. The van der Waals surface area contributed by atoms with Crippen LogP contribution < -0.4 is 29.4 Å². The van der Waals surface area contributed by atoms with Gasteiger partial charge in [0.15, 0.2) is 18.1 Å². The minimum Gasteiger partial charge on any atom is -0.493 e. The Morgan fingerprint density at radius 1 is 0.976 bits per heavy atom. The topological polar surface area (TPSA) is 113 Å². The van der Waals surface area contributed by atoms with Crippen molar-refractivity contribution in [3.05, 3.63) is 88.8 Å². The second kappa shape index (κ2) is 13.3. The molecule has 0 saturated carbocycles. The van der Waals surface area contributed by atoms with Gasteiger partial charge in [-0.2, -0.15) is 5.26 Å². The molecule has 0 amide bonds. The number of unbranched alkanes of at least 4 members (excludes halogenated alkanes) is 2. The van der Waals surface area contributed by atoms with Crippen molar-refractivity contribution in [1.82, 2.24) is 0 Å². The van der Waals surface area contributed by atoms with Gasteiger partial charge in [-0.3, -0.25) is 0 Å². The summed E-state index contributed by atoms with van der Waals surface area (Å²) < 4.78 is 28.4. The van der Waals surface area contributed by atoms with Crippen LogP contribution in [0.15, 0.2) is 72.1 Å². The maximum absolute atomic E-state index is 12.6. The highest BCUT2D eigenvalue weighted by atomic mass is 16.6. The minimum atomic E-state index is -0.567. The van der Waals surface area contributed by atoms with Crippen LogP contribution in [0.5, 0.6) is 28.7 Å². The summed E-state index contributed by atoms with van der Waals surface area (Å²) in [6.07, 6.45) is 3.15. The molecule has 0 aliphatic carbocycles. The van der Waals surface area contributed by atoms with Crippen molar-refractivity contribution in [3.63, 3.8) is 0 Å². The van der Waals surface area contributed by atoms with E-state index in [0.717, 1.165) is 24.8 Å². The molecule has 3 aromatic rings. The van der Waals surface area contributed by atoms with Crippen molar-refractivity contribution < 1.29 is 28.5 Å². The summed E-state index contributed by atoms with van der Waals surface area (Å²) in [4.78, 5) is 12.6. The molecule has 0 bridgehead atoms. The largest absolute Gasteiger partial charge is 0.493 e. The number of nitriles is 1. The number of hydrogen-bond acceptors (Lipinski definition) is 8. The lowest BCUT2D eigenvalue weighted by molar-refractivity contribution is -0.136. The van der Waals surface area contributed by atoms with E-state index in [1.54, 1.807) is 25.3 Å². The van der Waals surface area contributed by atoms with E-state index >= 15 is 0 Å². The fourth-order valence-electron chi connectivity index (χ4n) is 4.71. The zero-order valence-corrected chi connectivity index (χ0v) is 24.9. The molecule has 0 fully saturated rings. The molecule has 1 unspecified atom stereocenters. The predicted octanol–water partition coefficient (Wildman–Crippen LogP) is 6.76. The standard InChI is InChI=1S/C34H38N2O6/c1-6-7-8-17-39-28-16-9-22(18-30(28)38-5)32-26-15-14-25(19-29(26)42-33(36)27(32)20-35)41-31(37)21-40-24-12-10-23(11-13-24)34(2,3)4/h9-16,18-19,32H,6-8,17,21,36H2,1-5H3. The third kappa shape index (κ3) is 7.16. The van der Waals surface area contributed by atoms with Crippen LogP contribution in [0.25, 0.3) is 0 Å². The van der Waals surface area contributed by atoms with Gasteiger partial charge in [0, 0.05) is 11.6 Å². The van der Waals surface area contributed by atoms with Crippen LogP contribution in [0.2, 0.25) is 0 Å². The van der Waals surface area contributed by atoms with Gasteiger partial charge in [0.25, 0.3) is 0 Å². The first-order valence-electron chi connectivity index (χ1n) is 14.1. The summed E-state index contributed by atoms with van der Waals surface area (Å²) >= 11 is 0. The van der Waals surface area contributed by atoms with Crippen LogP contribution in [-0.2, 0) is 10.2 Å². The normalized spacial score (nSPS) is 14.3. The van der Waals surface area contributed by atoms with Crippen molar-refractivity contribution in [2.45, 2.75) is 58.3 Å². The van der Waals surface area contributed by atoms with E-state index in [9.17, 15) is 10.1 Å². The van der Waals surface area contributed by atoms with Crippen LogP contribution in [0.4, 0.5) is 0 Å². The maximum atomic E-state index is 12.6. The van der Waals surface area contributed by atoms with E-state index in [4.69, 9.17) is 29.4 Å². The average molecular weight is 571 g/mol. The lowest BCUT2D eigenvalue weighted by Crippen LogP contribution is -2.22. The van der Waals surface area contributed by atoms with Gasteiger partial charge in [-0.25, -0.2) is 4.79 Å². The van der Waals surface area contributed by atoms with Gasteiger partial charge in [0.05, 0.1) is 19.6 Å². The van der Waals surface area contributed by atoms with E-state index in [0.29, 0.717) is 35.2 Å². The van der Waals surface area contributed by atoms with E-state index in [1.807, 2.05) is 42.5 Å². The zero-order valence-electron chi connectivity index (χ0n) is 24.9. The SMILES string of the molecule is CCCCCOc1ccc(C2C(C#N)=C(N)Oc3cc(OC(=O)COc4ccc(C(C)(C)C)cc4)ccc32)cc1OC. The Bertz CT molecular complexity index is 1480. The van der Waals surface area contributed by atoms with Gasteiger partial charge in [-0.1, -0.05) is 64.8 Å². The Kier molecular flexibility index (Phi) is 9.64. The number of benzene rings is 3. The second-order valence-electron chi connectivity index (χ2n) is 11.1. The molecular weight excluding hydrogens is 532 g/mol. The number of carbonyl (C=O) groups is 1. The molecule has 1 heterocycles. The molecular formula is C34H38N2O6. The summed E-state index contributed by atoms with van der Waals surface area (Å²) in [6, 6.07) is 20.4. The third-order valence-corrected chi connectivity index (χ3v) is 7.03. The van der Waals surface area contributed by atoms with Crippen LogP contribution in [0.1, 0.15) is 69.6 Å². The summed E-state index contributed by atoms with van der Waals surface area (Å²) in [5.74, 6) is 1.34. The van der Waals surface area contributed by atoms with Crippen molar-refractivity contribution in [2.75, 3.05) is 20.3 Å². The molecule has 8 heteroatoms. The molecule has 0 aromatic heterocycles. The van der Waals surface area contributed by atoms with Crippen molar-refractivity contribution in [3.8, 4) is 34.8 Å². The monoisotopic (exact) mass is 570 g/mol. The first-order valence-corrected chi connectivity index (χ1v) is 14.1. The van der Waals surface area contributed by atoms with Crippen LogP contribution in [-0.4, -0.2) is 26.3 Å². The first kappa shape index (κ1) is 30.3. The number of esters is 1. The fraction of sp³-hybridized carbons (Fsp3) is 0.353. The van der Waals surface area contributed by atoms with Gasteiger partial charge in [-0.05, 0) is 53.3 Å². The average Bonchev–Trinajstić information content (AvgIpc) is 2.97. The molecule has 1 aliphatic rings. The number of methoxy groups -OCH3 is 1. The molecule has 220 valence electrons. The highest BCUT2D eigenvalue weighted by molar-refractivity contribution is 5.74. The van der Waals surface area contributed by atoms with E-state index < -0.39 is 11.9 Å². The highest BCUT2D eigenvalue weighted by Crippen LogP contribution is 2.45. The second-order valence-corrected chi connectivity index (χ2v) is 11.1. The molecule has 42 heavy (non-hydrogen) atoms. The summed E-state index contributed by atoms with van der Waals surface area (Å²) in [5.41, 5.74) is 9.13. The number of hydrogen-bond donors (Lipinski definition) is 1. The quantitative estimate of drug-likeness (QED) is 0.153. The van der Waals surface area contributed by atoms with E-state index in [2.05, 4.69) is 33.8 Å². The lowest BCUT2D eigenvalue weighted by Gasteiger charge is -2.27. The molecule has 3 aromatic carbocycles. The highest BCUT2D eigenvalue weighted by Gasteiger charge is 2.32. The van der Waals surface area contributed by atoms with E-state index in [-0.39, 0.29) is 29.2 Å². The number of nitrogens with zero attached hydrogens (tertiary/aromatic N) is 1. The van der Waals surface area contributed by atoms with Gasteiger partial charge < -0.3 is 29.4 Å². The first-order chi connectivity index (χ1) is 20.1. The molecule has 1 aliphatic heterocycles. The Morgan fingerprint density at radius 3 is 2.38 bits per heavy atom. The molecule has 0 saturated heterocycles. The number of nitrogens with two attached hydrogens (primary N) is 1. The summed E-state index contributed by atoms with van der Waals surface area (Å²) in [5, 5.41) is 9.94. The number of allylic oxidation sites excluding steroid dienone is 1. The maximum Gasteiger partial charge on any atom is 0.349 e. The number of fused-ring (bicyclic) bond motifs is 1. The Labute approximate surface area is 247 Å². The summed E-state index contributed by atoms with van der Waals surface area (Å²) in [7, 11) is 1.58. The number of carbonyl (C=O) groups excluding carboxylic acids is 1.